The molecule has 0 bridgehead atoms. The van der Waals surface area contributed by atoms with Crippen LogP contribution in [-0.4, -0.2) is 52.2 Å². The molecule has 1 aromatic carbocycles. The molecule has 26 heavy (non-hydrogen) atoms. The van der Waals surface area contributed by atoms with Crippen molar-refractivity contribution in [2.24, 2.45) is 0 Å². The molecule has 0 N–H and O–H groups in total. The van der Waals surface area contributed by atoms with Gasteiger partial charge in [-0.2, -0.15) is 0 Å². The third kappa shape index (κ3) is 3.70. The summed E-state index contributed by atoms with van der Waals surface area (Å²) >= 11 is 0. The van der Waals surface area contributed by atoms with E-state index in [1.54, 1.807) is 6.20 Å². The van der Waals surface area contributed by atoms with Crippen molar-refractivity contribution in [3.8, 4) is 6.01 Å². The lowest BCUT2D eigenvalue weighted by atomic mass is 9.84. The van der Waals surface area contributed by atoms with E-state index in [1.807, 2.05) is 48.2 Å². The lowest BCUT2D eigenvalue weighted by Crippen LogP contribution is -2.67. The molecule has 136 valence electrons. The zero-order chi connectivity index (χ0) is 18.0. The highest BCUT2D eigenvalue weighted by atomic mass is 16.5. The normalized spacial score (nSPS) is 21.3. The number of carbonyl (C=O) groups is 1. The van der Waals surface area contributed by atoms with Crippen LogP contribution in [-0.2, 0) is 16.0 Å². The highest BCUT2D eigenvalue weighted by molar-refractivity contribution is 5.79. The zero-order valence-electron chi connectivity index (χ0n) is 14.9. The summed E-state index contributed by atoms with van der Waals surface area (Å²) in [5.41, 5.74) is 1.65. The highest BCUT2D eigenvalue weighted by Crippen LogP contribution is 2.35. The second kappa shape index (κ2) is 7.03. The number of ether oxygens (including phenoxy) is 2. The summed E-state index contributed by atoms with van der Waals surface area (Å²) in [6.45, 7) is 3.82. The van der Waals surface area contributed by atoms with Crippen LogP contribution >= 0.6 is 0 Å². The maximum absolute atomic E-state index is 12.4. The fourth-order valence-electron chi connectivity index (χ4n) is 3.64. The average molecular weight is 353 g/mol. The largest absolute Gasteiger partial charge is 0.460 e. The van der Waals surface area contributed by atoms with Gasteiger partial charge in [0, 0.05) is 24.7 Å². The Hall–Kier alpha value is -2.47. The Bertz CT molecular complexity index is 775. The average Bonchev–Trinajstić information content (AvgIpc) is 2.60. The summed E-state index contributed by atoms with van der Waals surface area (Å²) in [5, 5.41) is 0. The molecule has 1 aromatic heterocycles. The Kier molecular flexibility index (Phi) is 4.59. The summed E-state index contributed by atoms with van der Waals surface area (Å²) in [7, 11) is 0. The van der Waals surface area contributed by atoms with Crippen LogP contribution in [0, 0.1) is 6.92 Å². The van der Waals surface area contributed by atoms with Gasteiger partial charge in [-0.3, -0.25) is 4.79 Å². The number of nitrogens with zero attached hydrogens (tertiary/aromatic N) is 3. The van der Waals surface area contributed by atoms with E-state index in [0.717, 1.165) is 24.1 Å². The predicted octanol–water partition coefficient (Wildman–Crippen LogP) is 2.17. The molecule has 0 saturated carbocycles. The molecule has 0 radical (unpaired) electrons. The van der Waals surface area contributed by atoms with E-state index in [4.69, 9.17) is 9.47 Å². The van der Waals surface area contributed by atoms with Crippen LogP contribution in [0.15, 0.2) is 42.6 Å². The maximum Gasteiger partial charge on any atom is 0.316 e. The van der Waals surface area contributed by atoms with Gasteiger partial charge in [0.15, 0.2) is 0 Å². The lowest BCUT2D eigenvalue weighted by Gasteiger charge is -2.52. The quantitative estimate of drug-likeness (QED) is 0.843. The molecule has 3 heterocycles. The molecule has 0 aliphatic carbocycles. The standard InChI is InChI=1S/C20H23N3O3/c1-15-7-9-21-19(22-15)26-17-8-10-25-20(12-17)13-23(14-20)18(24)11-16-5-3-2-4-6-16/h2-7,9,17H,8,10-14H2,1H3/t17-/m1/s1. The van der Waals surface area contributed by atoms with E-state index in [0.29, 0.717) is 32.1 Å². The second-order valence-electron chi connectivity index (χ2n) is 7.16. The predicted molar refractivity (Wildman–Crippen MR) is 95.8 cm³/mol. The Morgan fingerprint density at radius 2 is 2.12 bits per heavy atom. The summed E-state index contributed by atoms with van der Waals surface area (Å²) in [5.74, 6) is 0.149. The number of aromatic nitrogens is 2. The number of amides is 1. The van der Waals surface area contributed by atoms with Crippen LogP contribution in [0.4, 0.5) is 0 Å². The minimum absolute atomic E-state index is 0.0249. The third-order valence-corrected chi connectivity index (χ3v) is 5.00. The number of hydrogen-bond acceptors (Lipinski definition) is 5. The topological polar surface area (TPSA) is 64.6 Å². The molecular weight excluding hydrogens is 330 g/mol. The first-order chi connectivity index (χ1) is 12.6. The van der Waals surface area contributed by atoms with E-state index >= 15 is 0 Å². The van der Waals surface area contributed by atoms with Crippen molar-refractivity contribution in [3.05, 3.63) is 53.9 Å². The molecule has 2 aliphatic rings. The molecule has 6 nitrogen and oxygen atoms in total. The summed E-state index contributed by atoms with van der Waals surface area (Å²) in [6.07, 6.45) is 3.75. The van der Waals surface area contributed by atoms with E-state index in [9.17, 15) is 4.79 Å². The molecule has 2 fully saturated rings. The summed E-state index contributed by atoms with van der Waals surface area (Å²) in [6, 6.07) is 12.1. The van der Waals surface area contributed by atoms with Gasteiger partial charge in [0.2, 0.25) is 5.91 Å². The highest BCUT2D eigenvalue weighted by Gasteiger charge is 2.49. The Balaban J connectivity index is 1.32. The van der Waals surface area contributed by atoms with Crippen LogP contribution in [0.1, 0.15) is 24.1 Å². The molecule has 1 atom stereocenters. The third-order valence-electron chi connectivity index (χ3n) is 5.00. The monoisotopic (exact) mass is 353 g/mol. The van der Waals surface area contributed by atoms with Crippen LogP contribution in [0.3, 0.4) is 0 Å². The number of carbonyl (C=O) groups excluding carboxylic acids is 1. The van der Waals surface area contributed by atoms with Gasteiger partial charge in [0.05, 0.1) is 26.1 Å². The van der Waals surface area contributed by atoms with Gasteiger partial charge in [-0.05, 0) is 18.6 Å². The fraction of sp³-hybridized carbons (Fsp3) is 0.450. The Morgan fingerprint density at radius 3 is 2.88 bits per heavy atom. The minimum Gasteiger partial charge on any atom is -0.460 e. The lowest BCUT2D eigenvalue weighted by molar-refractivity contribution is -0.193. The number of hydrogen-bond donors (Lipinski definition) is 0. The smallest absolute Gasteiger partial charge is 0.316 e. The molecule has 2 aliphatic heterocycles. The number of rotatable bonds is 4. The van der Waals surface area contributed by atoms with Gasteiger partial charge in [0.1, 0.15) is 11.7 Å². The number of aryl methyl sites for hydroxylation is 1. The van der Waals surface area contributed by atoms with Crippen molar-refractivity contribution in [2.45, 2.75) is 37.9 Å². The van der Waals surface area contributed by atoms with Crippen LogP contribution in [0.5, 0.6) is 6.01 Å². The molecule has 4 rings (SSSR count). The molecular formula is C20H23N3O3. The molecule has 1 amide bonds. The van der Waals surface area contributed by atoms with E-state index in [1.165, 1.54) is 0 Å². The van der Waals surface area contributed by atoms with Gasteiger partial charge in [0.25, 0.3) is 0 Å². The van der Waals surface area contributed by atoms with Gasteiger partial charge in [-0.15, -0.1) is 0 Å². The van der Waals surface area contributed by atoms with Gasteiger partial charge in [-0.1, -0.05) is 30.3 Å². The number of benzene rings is 1. The SMILES string of the molecule is Cc1ccnc(O[C@@H]2CCOC3(C2)CN(C(=O)Cc2ccccc2)C3)n1. The van der Waals surface area contributed by atoms with Crippen molar-refractivity contribution >= 4 is 5.91 Å². The van der Waals surface area contributed by atoms with Gasteiger partial charge in [-0.25, -0.2) is 9.97 Å². The second-order valence-corrected chi connectivity index (χ2v) is 7.16. The molecule has 1 spiro atoms. The summed E-state index contributed by atoms with van der Waals surface area (Å²) in [4.78, 5) is 22.8. The fourth-order valence-corrected chi connectivity index (χ4v) is 3.64. The van der Waals surface area contributed by atoms with E-state index < -0.39 is 0 Å². The van der Waals surface area contributed by atoms with Gasteiger partial charge < -0.3 is 14.4 Å². The zero-order valence-corrected chi connectivity index (χ0v) is 14.9. The first-order valence-electron chi connectivity index (χ1n) is 9.04. The molecule has 2 saturated heterocycles. The van der Waals surface area contributed by atoms with Crippen molar-refractivity contribution < 1.29 is 14.3 Å². The van der Waals surface area contributed by atoms with Crippen molar-refractivity contribution in [1.82, 2.24) is 14.9 Å². The minimum atomic E-state index is -0.279. The van der Waals surface area contributed by atoms with Crippen molar-refractivity contribution in [1.29, 1.82) is 0 Å². The number of likely N-dealkylation sites (tertiary alicyclic amines) is 1. The van der Waals surface area contributed by atoms with Crippen molar-refractivity contribution in [2.75, 3.05) is 19.7 Å². The first-order valence-corrected chi connectivity index (χ1v) is 9.04. The summed E-state index contributed by atoms with van der Waals surface area (Å²) < 4.78 is 12.0. The van der Waals surface area contributed by atoms with Crippen LogP contribution in [0.2, 0.25) is 0 Å². The van der Waals surface area contributed by atoms with Crippen LogP contribution < -0.4 is 4.74 Å². The first kappa shape index (κ1) is 17.0. The molecule has 2 aromatic rings. The molecule has 6 heteroatoms. The van der Waals surface area contributed by atoms with Crippen molar-refractivity contribution in [3.63, 3.8) is 0 Å². The Morgan fingerprint density at radius 1 is 1.31 bits per heavy atom. The van der Waals surface area contributed by atoms with E-state index in [-0.39, 0.29) is 17.6 Å². The van der Waals surface area contributed by atoms with Crippen LogP contribution in [0.25, 0.3) is 0 Å². The van der Waals surface area contributed by atoms with Gasteiger partial charge >= 0.3 is 6.01 Å². The Labute approximate surface area is 153 Å². The molecule has 0 unspecified atom stereocenters. The van der Waals surface area contributed by atoms with E-state index in [2.05, 4.69) is 9.97 Å². The maximum atomic E-state index is 12.4.